The number of hydrogen-bond acceptors (Lipinski definition) is 4. The van der Waals surface area contributed by atoms with Gasteiger partial charge in [-0.3, -0.25) is 10.4 Å². The number of rotatable bonds is 4. The molecule has 7 heteroatoms. The molecule has 0 saturated heterocycles. The molecule has 1 heterocycles. The van der Waals surface area contributed by atoms with Crippen molar-refractivity contribution in [1.82, 2.24) is 4.98 Å². The molecule has 0 saturated carbocycles. The maximum Gasteiger partial charge on any atom is 0.135 e. The zero-order valence-corrected chi connectivity index (χ0v) is 12.8. The fraction of sp³-hybridized carbons (Fsp3) is 0.143. The normalized spacial score (nSPS) is 11.4. The van der Waals surface area contributed by atoms with Crippen molar-refractivity contribution in [3.05, 3.63) is 52.0 Å². The third-order valence-electron chi connectivity index (χ3n) is 2.75. The number of pyridine rings is 1. The van der Waals surface area contributed by atoms with Gasteiger partial charge >= 0.3 is 0 Å². The summed E-state index contributed by atoms with van der Waals surface area (Å²) in [5.41, 5.74) is 3.93. The summed E-state index contributed by atoms with van der Waals surface area (Å²) >= 11 is 11.9. The molecule has 0 aliphatic heterocycles. The molecular formula is C14H12Cl2FN3O. The lowest BCUT2D eigenvalue weighted by atomic mass is 10.1. The minimum atomic E-state index is -0.427. The van der Waals surface area contributed by atoms with E-state index in [9.17, 15) is 4.39 Å². The van der Waals surface area contributed by atoms with Gasteiger partial charge in [-0.2, -0.15) is 5.10 Å². The Balaban J connectivity index is 2.26. The Morgan fingerprint density at radius 2 is 1.95 bits per heavy atom. The molecule has 1 aromatic heterocycles. The fourth-order valence-electron chi connectivity index (χ4n) is 1.63. The Bertz CT molecular complexity index is 672. The molecule has 2 aromatic rings. The summed E-state index contributed by atoms with van der Waals surface area (Å²) in [6.45, 7) is 1.67. The van der Waals surface area contributed by atoms with Gasteiger partial charge in [-0.1, -0.05) is 23.2 Å². The molecule has 4 nitrogen and oxygen atoms in total. The van der Waals surface area contributed by atoms with Gasteiger partial charge in [-0.25, -0.2) is 4.39 Å². The zero-order valence-electron chi connectivity index (χ0n) is 11.3. The van der Waals surface area contributed by atoms with Gasteiger partial charge in [-0.15, -0.1) is 0 Å². The largest absolute Gasteiger partial charge is 0.497 e. The molecule has 0 atom stereocenters. The molecule has 0 amide bonds. The van der Waals surface area contributed by atoms with Gasteiger partial charge in [0.05, 0.1) is 28.6 Å². The fourth-order valence-corrected chi connectivity index (χ4v) is 2.08. The minimum Gasteiger partial charge on any atom is -0.497 e. The highest BCUT2D eigenvalue weighted by molar-refractivity contribution is 6.38. The molecule has 110 valence electrons. The molecular weight excluding hydrogens is 316 g/mol. The summed E-state index contributed by atoms with van der Waals surface area (Å²) in [4.78, 5) is 3.84. The minimum absolute atomic E-state index is 0.328. The van der Waals surface area contributed by atoms with E-state index in [4.69, 9.17) is 27.9 Å². The topological polar surface area (TPSA) is 46.5 Å². The Morgan fingerprint density at radius 3 is 2.52 bits per heavy atom. The van der Waals surface area contributed by atoms with Crippen LogP contribution >= 0.6 is 23.2 Å². The van der Waals surface area contributed by atoms with Crippen LogP contribution in [0.3, 0.4) is 0 Å². The highest BCUT2D eigenvalue weighted by Crippen LogP contribution is 2.28. The lowest BCUT2D eigenvalue weighted by Crippen LogP contribution is -2.03. The van der Waals surface area contributed by atoms with Crippen molar-refractivity contribution in [2.45, 2.75) is 6.92 Å². The number of aromatic nitrogens is 1. The molecule has 0 unspecified atom stereocenters. The van der Waals surface area contributed by atoms with Gasteiger partial charge in [0, 0.05) is 24.0 Å². The van der Waals surface area contributed by atoms with E-state index in [0.717, 1.165) is 0 Å². The van der Waals surface area contributed by atoms with Gasteiger partial charge < -0.3 is 4.74 Å². The molecule has 0 aliphatic rings. The number of anilines is 1. The first-order valence-corrected chi connectivity index (χ1v) is 6.71. The molecule has 1 aromatic carbocycles. The number of hydrogen-bond donors (Lipinski definition) is 1. The van der Waals surface area contributed by atoms with Crippen LogP contribution in [-0.2, 0) is 0 Å². The number of nitrogens with zero attached hydrogens (tertiary/aromatic N) is 2. The van der Waals surface area contributed by atoms with Crippen molar-refractivity contribution in [2.75, 3.05) is 12.5 Å². The lowest BCUT2D eigenvalue weighted by molar-refractivity contribution is 0.411. The van der Waals surface area contributed by atoms with E-state index in [-0.39, 0.29) is 0 Å². The van der Waals surface area contributed by atoms with Crippen LogP contribution in [0.25, 0.3) is 0 Å². The lowest BCUT2D eigenvalue weighted by Gasteiger charge is -2.08. The maximum atomic E-state index is 13.9. The first-order chi connectivity index (χ1) is 10.0. The monoisotopic (exact) mass is 327 g/mol. The van der Waals surface area contributed by atoms with Crippen molar-refractivity contribution in [2.24, 2.45) is 5.10 Å². The standard InChI is InChI=1S/C14H12Cl2FN3O/c1-8(10-4-3-9(21-2)5-13(10)17)19-20-14-11(15)6-18-7-12(14)16/h3-7H,1-2H3,(H,18,20)/b19-8+. The average Bonchev–Trinajstić information content (AvgIpc) is 2.46. The second kappa shape index (κ2) is 6.74. The van der Waals surface area contributed by atoms with E-state index >= 15 is 0 Å². The van der Waals surface area contributed by atoms with Crippen molar-refractivity contribution in [3.63, 3.8) is 0 Å². The number of ether oxygens (including phenoxy) is 1. The number of benzene rings is 1. The van der Waals surface area contributed by atoms with Gasteiger partial charge in [-0.05, 0) is 19.1 Å². The average molecular weight is 328 g/mol. The zero-order chi connectivity index (χ0) is 15.4. The summed E-state index contributed by atoms with van der Waals surface area (Å²) in [5, 5.41) is 4.75. The van der Waals surface area contributed by atoms with E-state index in [1.54, 1.807) is 19.1 Å². The molecule has 0 spiro atoms. The summed E-state index contributed by atoms with van der Waals surface area (Å²) < 4.78 is 18.9. The quantitative estimate of drug-likeness (QED) is 0.669. The van der Waals surface area contributed by atoms with Crippen LogP contribution in [0.5, 0.6) is 5.75 Å². The highest BCUT2D eigenvalue weighted by atomic mass is 35.5. The van der Waals surface area contributed by atoms with Crippen LogP contribution in [0.15, 0.2) is 35.7 Å². The van der Waals surface area contributed by atoms with E-state index in [1.807, 2.05) is 0 Å². The Hall–Kier alpha value is -1.85. The van der Waals surface area contributed by atoms with Crippen molar-refractivity contribution >= 4 is 34.6 Å². The molecule has 0 aliphatic carbocycles. The van der Waals surface area contributed by atoms with E-state index < -0.39 is 5.82 Å². The Labute approximate surface area is 131 Å². The van der Waals surface area contributed by atoms with Crippen LogP contribution in [-0.4, -0.2) is 17.8 Å². The molecule has 21 heavy (non-hydrogen) atoms. The third-order valence-corrected chi connectivity index (χ3v) is 3.33. The molecule has 1 N–H and O–H groups in total. The third kappa shape index (κ3) is 3.62. The van der Waals surface area contributed by atoms with Crippen molar-refractivity contribution < 1.29 is 9.13 Å². The van der Waals surface area contributed by atoms with Crippen molar-refractivity contribution in [1.29, 1.82) is 0 Å². The van der Waals surface area contributed by atoms with Gasteiger partial charge in [0.1, 0.15) is 11.6 Å². The Morgan fingerprint density at radius 1 is 1.29 bits per heavy atom. The summed E-state index contributed by atoms with van der Waals surface area (Å²) in [6.07, 6.45) is 2.88. The van der Waals surface area contributed by atoms with E-state index in [0.29, 0.717) is 32.8 Å². The first kappa shape index (κ1) is 15.5. The first-order valence-electron chi connectivity index (χ1n) is 5.96. The van der Waals surface area contributed by atoms with E-state index in [2.05, 4.69) is 15.5 Å². The highest BCUT2D eigenvalue weighted by Gasteiger charge is 2.09. The summed E-state index contributed by atoms with van der Waals surface area (Å²) in [5.74, 6) is 0.0153. The second-order valence-corrected chi connectivity index (χ2v) is 4.95. The second-order valence-electron chi connectivity index (χ2n) is 4.13. The van der Waals surface area contributed by atoms with E-state index in [1.165, 1.54) is 25.6 Å². The number of hydrazone groups is 1. The molecule has 0 radical (unpaired) electrons. The van der Waals surface area contributed by atoms with Gasteiger partial charge in [0.25, 0.3) is 0 Å². The number of methoxy groups -OCH3 is 1. The van der Waals surface area contributed by atoms with Crippen LogP contribution in [0.4, 0.5) is 10.1 Å². The van der Waals surface area contributed by atoms with Crippen LogP contribution < -0.4 is 10.2 Å². The van der Waals surface area contributed by atoms with Gasteiger partial charge in [0.2, 0.25) is 0 Å². The molecule has 0 fully saturated rings. The Kier molecular flexibility index (Phi) is 4.98. The number of halogens is 3. The summed E-state index contributed by atoms with van der Waals surface area (Å²) in [6, 6.07) is 4.54. The predicted molar refractivity (Wildman–Crippen MR) is 83.0 cm³/mol. The maximum absolute atomic E-state index is 13.9. The SMILES string of the molecule is COc1ccc(/C(C)=N/Nc2c(Cl)cncc2Cl)c(F)c1. The van der Waals surface area contributed by atoms with Crippen LogP contribution in [0, 0.1) is 5.82 Å². The smallest absolute Gasteiger partial charge is 0.135 e. The predicted octanol–water partition coefficient (Wildman–Crippen LogP) is 4.37. The summed E-state index contributed by atoms with van der Waals surface area (Å²) in [7, 11) is 1.48. The van der Waals surface area contributed by atoms with Crippen LogP contribution in [0.1, 0.15) is 12.5 Å². The van der Waals surface area contributed by atoms with Crippen molar-refractivity contribution in [3.8, 4) is 5.75 Å². The van der Waals surface area contributed by atoms with Gasteiger partial charge in [0.15, 0.2) is 0 Å². The number of nitrogens with one attached hydrogen (secondary N) is 1. The molecule has 0 bridgehead atoms. The van der Waals surface area contributed by atoms with Crippen LogP contribution in [0.2, 0.25) is 10.0 Å². The molecule has 2 rings (SSSR count).